The van der Waals surface area contributed by atoms with Gasteiger partial charge >= 0.3 is 0 Å². The van der Waals surface area contributed by atoms with Crippen LogP contribution in [0.2, 0.25) is 0 Å². The molecule has 164 valence electrons. The molecule has 1 heterocycles. The fourth-order valence-corrected chi connectivity index (χ4v) is 4.21. The standard InChI is InChI=1S/C22H31N3O4S/c1-23-30-22-13-16(15-26)19(25(9-11-27-2)10-12-28-3)14-21(22)29-20-6-4-5-18-17(20)7-8-24-18/h4-8,13-14,17-18,23-24,26H,9-12,15H2,1-3H3. The third-order valence-corrected chi connectivity index (χ3v) is 5.86. The molecule has 0 spiro atoms. The first-order valence-electron chi connectivity index (χ1n) is 10.0. The van der Waals surface area contributed by atoms with Gasteiger partial charge < -0.3 is 29.5 Å². The van der Waals surface area contributed by atoms with Crippen molar-refractivity contribution in [1.82, 2.24) is 10.0 Å². The summed E-state index contributed by atoms with van der Waals surface area (Å²) in [6, 6.07) is 4.22. The first-order chi connectivity index (χ1) is 14.7. The molecular weight excluding hydrogens is 402 g/mol. The van der Waals surface area contributed by atoms with Crippen LogP contribution in [0.15, 0.2) is 53.3 Å². The largest absolute Gasteiger partial charge is 0.460 e. The van der Waals surface area contributed by atoms with Crippen molar-refractivity contribution in [2.45, 2.75) is 17.5 Å². The lowest BCUT2D eigenvalue weighted by molar-refractivity contribution is 0.190. The lowest BCUT2D eigenvalue weighted by atomic mass is 9.95. The van der Waals surface area contributed by atoms with Crippen LogP contribution in [-0.4, -0.2) is 58.7 Å². The Kier molecular flexibility index (Phi) is 8.65. The monoisotopic (exact) mass is 433 g/mol. The van der Waals surface area contributed by atoms with Crippen molar-refractivity contribution in [2.75, 3.05) is 52.5 Å². The minimum absolute atomic E-state index is 0.0634. The van der Waals surface area contributed by atoms with E-state index >= 15 is 0 Å². The number of aliphatic hydroxyl groups is 1. The molecule has 8 heteroatoms. The van der Waals surface area contributed by atoms with Crippen LogP contribution in [-0.2, 0) is 16.1 Å². The molecule has 2 aliphatic rings. The van der Waals surface area contributed by atoms with Crippen molar-refractivity contribution in [3.05, 3.63) is 54.0 Å². The highest BCUT2D eigenvalue weighted by atomic mass is 32.2. The number of hydrogen-bond acceptors (Lipinski definition) is 8. The lowest BCUT2D eigenvalue weighted by Crippen LogP contribution is -2.31. The molecular formula is C22H31N3O4S. The Balaban J connectivity index is 1.95. The Morgan fingerprint density at radius 1 is 1.17 bits per heavy atom. The van der Waals surface area contributed by atoms with Crippen molar-refractivity contribution >= 4 is 17.6 Å². The summed E-state index contributed by atoms with van der Waals surface area (Å²) in [5.41, 5.74) is 1.76. The Labute approximate surface area is 182 Å². The predicted octanol–water partition coefficient (Wildman–Crippen LogP) is 2.44. The van der Waals surface area contributed by atoms with Crippen molar-refractivity contribution in [3.8, 4) is 5.75 Å². The number of fused-ring (bicyclic) bond motifs is 1. The number of methoxy groups -OCH3 is 2. The highest BCUT2D eigenvalue weighted by Crippen LogP contribution is 2.38. The molecule has 2 unspecified atom stereocenters. The summed E-state index contributed by atoms with van der Waals surface area (Å²) in [7, 11) is 5.24. The molecule has 1 aromatic rings. The van der Waals surface area contributed by atoms with Crippen LogP contribution in [0.5, 0.6) is 5.75 Å². The highest BCUT2D eigenvalue weighted by Gasteiger charge is 2.28. The van der Waals surface area contributed by atoms with Gasteiger partial charge in [-0.2, -0.15) is 0 Å². The van der Waals surface area contributed by atoms with Gasteiger partial charge in [0.2, 0.25) is 0 Å². The number of ether oxygens (including phenoxy) is 3. The molecule has 30 heavy (non-hydrogen) atoms. The Bertz CT molecular complexity index is 789. The number of nitrogens with one attached hydrogen (secondary N) is 2. The fraction of sp³-hybridized carbons (Fsp3) is 0.455. The van der Waals surface area contributed by atoms with Crippen molar-refractivity contribution in [3.63, 3.8) is 0 Å². The van der Waals surface area contributed by atoms with Gasteiger partial charge in [-0.15, -0.1) is 0 Å². The molecule has 0 amide bonds. The SMILES string of the molecule is CNSc1cc(CO)c(N(CCOC)CCOC)cc1OC1=CC=CC2NC=CC12. The van der Waals surface area contributed by atoms with Crippen LogP contribution < -0.4 is 19.7 Å². The van der Waals surface area contributed by atoms with Gasteiger partial charge in [0.15, 0.2) is 0 Å². The summed E-state index contributed by atoms with van der Waals surface area (Å²) in [4.78, 5) is 3.08. The van der Waals surface area contributed by atoms with Crippen LogP contribution in [0.1, 0.15) is 5.56 Å². The van der Waals surface area contributed by atoms with E-state index in [0.29, 0.717) is 26.3 Å². The second-order valence-electron chi connectivity index (χ2n) is 7.00. The zero-order valence-corrected chi connectivity index (χ0v) is 18.6. The number of hydrogen-bond donors (Lipinski definition) is 3. The maximum atomic E-state index is 10.0. The van der Waals surface area contributed by atoms with Crippen molar-refractivity contribution in [1.29, 1.82) is 0 Å². The molecule has 2 atom stereocenters. The molecule has 3 rings (SSSR count). The van der Waals surface area contributed by atoms with Gasteiger partial charge in [-0.05, 0) is 37.3 Å². The summed E-state index contributed by atoms with van der Waals surface area (Å²) >= 11 is 1.47. The fourth-order valence-electron chi connectivity index (χ4n) is 3.59. The van der Waals surface area contributed by atoms with Crippen LogP contribution in [0.4, 0.5) is 5.69 Å². The van der Waals surface area contributed by atoms with Crippen molar-refractivity contribution < 1.29 is 19.3 Å². The molecule has 7 nitrogen and oxygen atoms in total. The Morgan fingerprint density at radius 3 is 2.60 bits per heavy atom. The summed E-state index contributed by atoms with van der Waals surface area (Å²) < 4.78 is 20.1. The molecule has 0 fully saturated rings. The van der Waals surface area contributed by atoms with E-state index in [9.17, 15) is 5.11 Å². The quantitative estimate of drug-likeness (QED) is 0.434. The van der Waals surface area contributed by atoms with Crippen LogP contribution in [0, 0.1) is 5.92 Å². The summed E-state index contributed by atoms with van der Waals surface area (Å²) in [6.07, 6.45) is 10.3. The Hall–Kier alpha value is -1.97. The first kappa shape index (κ1) is 22.7. The third kappa shape index (κ3) is 5.39. The van der Waals surface area contributed by atoms with Crippen LogP contribution in [0.25, 0.3) is 0 Å². The van der Waals surface area contributed by atoms with Gasteiger partial charge in [-0.1, -0.05) is 18.2 Å². The average molecular weight is 434 g/mol. The minimum atomic E-state index is -0.0634. The van der Waals surface area contributed by atoms with Gasteiger partial charge in [-0.3, -0.25) is 4.72 Å². The van der Waals surface area contributed by atoms with E-state index in [4.69, 9.17) is 14.2 Å². The minimum Gasteiger partial charge on any atom is -0.460 e. The van der Waals surface area contributed by atoms with E-state index in [1.807, 2.05) is 37.5 Å². The van der Waals surface area contributed by atoms with Gasteiger partial charge in [-0.25, -0.2) is 0 Å². The van der Waals surface area contributed by atoms with E-state index in [0.717, 1.165) is 27.7 Å². The highest BCUT2D eigenvalue weighted by molar-refractivity contribution is 7.97. The van der Waals surface area contributed by atoms with E-state index in [1.54, 1.807) is 14.2 Å². The molecule has 0 saturated heterocycles. The molecule has 1 aliphatic carbocycles. The average Bonchev–Trinajstić information content (AvgIpc) is 3.25. The van der Waals surface area contributed by atoms with Gasteiger partial charge in [0.25, 0.3) is 0 Å². The van der Waals surface area contributed by atoms with E-state index in [2.05, 4.69) is 27.1 Å². The lowest BCUT2D eigenvalue weighted by Gasteiger charge is -2.29. The number of benzene rings is 1. The smallest absolute Gasteiger partial charge is 0.143 e. The molecule has 1 aromatic carbocycles. The number of nitrogens with zero attached hydrogens (tertiary/aromatic N) is 1. The van der Waals surface area contributed by atoms with Gasteiger partial charge in [0, 0.05) is 44.6 Å². The number of rotatable bonds is 12. The molecule has 0 aromatic heterocycles. The predicted molar refractivity (Wildman–Crippen MR) is 121 cm³/mol. The van der Waals surface area contributed by atoms with Crippen molar-refractivity contribution in [2.24, 2.45) is 5.92 Å². The molecule has 3 N–H and O–H groups in total. The van der Waals surface area contributed by atoms with E-state index < -0.39 is 0 Å². The first-order valence-corrected chi connectivity index (χ1v) is 10.9. The summed E-state index contributed by atoms with van der Waals surface area (Å²) in [5.74, 6) is 1.81. The molecule has 0 radical (unpaired) electrons. The van der Waals surface area contributed by atoms with Gasteiger partial charge in [0.1, 0.15) is 11.5 Å². The zero-order valence-electron chi connectivity index (χ0n) is 17.8. The van der Waals surface area contributed by atoms with Crippen LogP contribution >= 0.6 is 11.9 Å². The summed E-state index contributed by atoms with van der Waals surface area (Å²) in [6.45, 7) is 2.47. The molecule has 0 saturated carbocycles. The molecule has 0 bridgehead atoms. The number of allylic oxidation sites excluding steroid dienone is 2. The van der Waals surface area contributed by atoms with E-state index in [1.165, 1.54) is 11.9 Å². The van der Waals surface area contributed by atoms with Gasteiger partial charge in [0.05, 0.1) is 36.7 Å². The topological polar surface area (TPSA) is 75.2 Å². The number of anilines is 1. The zero-order chi connectivity index (χ0) is 21.3. The second kappa shape index (κ2) is 11.4. The molecule has 1 aliphatic heterocycles. The maximum absolute atomic E-state index is 10.0. The normalized spacial score (nSPS) is 19.4. The Morgan fingerprint density at radius 2 is 1.93 bits per heavy atom. The van der Waals surface area contributed by atoms with Crippen LogP contribution in [0.3, 0.4) is 0 Å². The maximum Gasteiger partial charge on any atom is 0.143 e. The third-order valence-electron chi connectivity index (χ3n) is 5.11. The number of aliphatic hydroxyl groups excluding tert-OH is 1. The second-order valence-corrected chi connectivity index (χ2v) is 8.05. The van der Waals surface area contributed by atoms with E-state index in [-0.39, 0.29) is 18.6 Å². The summed E-state index contributed by atoms with van der Waals surface area (Å²) in [5, 5.41) is 13.4.